The van der Waals surface area contributed by atoms with Crippen molar-refractivity contribution < 1.29 is 9.53 Å². The molecular weight excluding hydrogens is 264 g/mol. The number of imidazole rings is 1. The van der Waals surface area contributed by atoms with Crippen LogP contribution in [-0.2, 0) is 0 Å². The number of hydrogen-bond donors (Lipinski definition) is 1. The lowest BCUT2D eigenvalue weighted by Gasteiger charge is -2.03. The average Bonchev–Trinajstić information content (AvgIpc) is 2.95. The normalized spacial score (nSPS) is 11.1. The van der Waals surface area contributed by atoms with Gasteiger partial charge in [-0.1, -0.05) is 24.3 Å². The maximum atomic E-state index is 12.2. The molecule has 1 N–H and O–H groups in total. The molecule has 21 heavy (non-hydrogen) atoms. The molecule has 0 saturated carbocycles. The number of rotatable bonds is 4. The minimum Gasteiger partial charge on any atom is -0.496 e. The number of aromatic nitrogens is 2. The lowest BCUT2D eigenvalue weighted by atomic mass is 10.1. The molecule has 1 aromatic heterocycles. The van der Waals surface area contributed by atoms with E-state index in [2.05, 4.69) is 9.97 Å². The number of para-hydroxylation sites is 3. The van der Waals surface area contributed by atoms with Gasteiger partial charge in [-0.2, -0.15) is 0 Å². The second-order valence-electron chi connectivity index (χ2n) is 4.54. The number of nitrogens with zero attached hydrogens (tertiary/aromatic N) is 1. The number of H-pyrrole nitrogens is 1. The molecule has 4 nitrogen and oxygen atoms in total. The van der Waals surface area contributed by atoms with Crippen LogP contribution in [0.2, 0.25) is 0 Å². The number of carbonyl (C=O) groups excluding carboxylic acids is 1. The summed E-state index contributed by atoms with van der Waals surface area (Å²) < 4.78 is 5.19. The first kappa shape index (κ1) is 13.1. The van der Waals surface area contributed by atoms with Gasteiger partial charge in [-0.05, 0) is 36.4 Å². The van der Waals surface area contributed by atoms with Crippen LogP contribution in [0.15, 0.2) is 54.6 Å². The highest BCUT2D eigenvalue weighted by Gasteiger charge is 2.08. The zero-order chi connectivity index (χ0) is 14.7. The number of ether oxygens (including phenoxy) is 1. The zero-order valence-corrected chi connectivity index (χ0v) is 11.5. The summed E-state index contributed by atoms with van der Waals surface area (Å²) in [7, 11) is 1.55. The van der Waals surface area contributed by atoms with E-state index in [-0.39, 0.29) is 5.78 Å². The first-order valence-electron chi connectivity index (χ1n) is 6.58. The number of fused-ring (bicyclic) bond motifs is 1. The van der Waals surface area contributed by atoms with E-state index in [1.165, 1.54) is 6.08 Å². The molecule has 0 aliphatic rings. The highest BCUT2D eigenvalue weighted by molar-refractivity contribution is 6.08. The molecule has 0 aliphatic heterocycles. The Balaban J connectivity index is 1.86. The molecule has 0 unspecified atom stereocenters. The molecule has 1 heterocycles. The third kappa shape index (κ3) is 2.69. The van der Waals surface area contributed by atoms with Gasteiger partial charge in [0.1, 0.15) is 11.6 Å². The predicted octanol–water partition coefficient (Wildman–Crippen LogP) is 3.47. The van der Waals surface area contributed by atoms with Gasteiger partial charge >= 0.3 is 0 Å². The van der Waals surface area contributed by atoms with Crippen molar-refractivity contribution in [2.45, 2.75) is 0 Å². The Morgan fingerprint density at radius 1 is 1.14 bits per heavy atom. The van der Waals surface area contributed by atoms with Gasteiger partial charge in [0.05, 0.1) is 23.7 Å². The van der Waals surface area contributed by atoms with E-state index in [9.17, 15) is 4.79 Å². The van der Waals surface area contributed by atoms with Crippen molar-refractivity contribution in [3.63, 3.8) is 0 Å². The summed E-state index contributed by atoms with van der Waals surface area (Å²) in [5.74, 6) is 1.10. The van der Waals surface area contributed by atoms with Crippen LogP contribution in [-0.4, -0.2) is 22.9 Å². The van der Waals surface area contributed by atoms with Crippen LogP contribution in [0.1, 0.15) is 16.2 Å². The summed E-state index contributed by atoms with van der Waals surface area (Å²) in [4.78, 5) is 19.7. The van der Waals surface area contributed by atoms with Crippen LogP contribution in [0, 0.1) is 0 Å². The van der Waals surface area contributed by atoms with Crippen LogP contribution >= 0.6 is 0 Å². The van der Waals surface area contributed by atoms with Gasteiger partial charge in [0.25, 0.3) is 0 Å². The number of hydrogen-bond acceptors (Lipinski definition) is 3. The number of aromatic amines is 1. The summed E-state index contributed by atoms with van der Waals surface area (Å²) in [5.41, 5.74) is 2.36. The van der Waals surface area contributed by atoms with Crippen molar-refractivity contribution in [3.05, 3.63) is 66.0 Å². The van der Waals surface area contributed by atoms with Gasteiger partial charge in [0, 0.05) is 0 Å². The largest absolute Gasteiger partial charge is 0.496 e. The van der Waals surface area contributed by atoms with Crippen molar-refractivity contribution in [1.29, 1.82) is 0 Å². The number of carbonyl (C=O) groups is 1. The molecule has 0 radical (unpaired) electrons. The van der Waals surface area contributed by atoms with E-state index >= 15 is 0 Å². The molecule has 0 fully saturated rings. The number of allylic oxidation sites excluding steroid dienone is 1. The molecule has 0 atom stereocenters. The van der Waals surface area contributed by atoms with E-state index in [0.717, 1.165) is 11.0 Å². The number of benzene rings is 2. The third-order valence-corrected chi connectivity index (χ3v) is 3.17. The maximum Gasteiger partial charge on any atom is 0.189 e. The van der Waals surface area contributed by atoms with E-state index in [0.29, 0.717) is 17.1 Å². The summed E-state index contributed by atoms with van der Waals surface area (Å²) in [6.45, 7) is 0. The van der Waals surface area contributed by atoms with E-state index in [4.69, 9.17) is 4.74 Å². The Morgan fingerprint density at radius 2 is 1.90 bits per heavy atom. The topological polar surface area (TPSA) is 55.0 Å². The SMILES string of the molecule is COc1ccccc1C(=O)/C=C/c1nc2ccccc2[nH]1. The Labute approximate surface area is 122 Å². The van der Waals surface area contributed by atoms with Crippen LogP contribution in [0.5, 0.6) is 5.75 Å². The van der Waals surface area contributed by atoms with Crippen molar-refractivity contribution >= 4 is 22.9 Å². The summed E-state index contributed by atoms with van der Waals surface area (Å²) in [5, 5.41) is 0. The molecule has 0 amide bonds. The summed E-state index contributed by atoms with van der Waals surface area (Å²) in [6.07, 6.45) is 3.17. The fourth-order valence-corrected chi connectivity index (χ4v) is 2.14. The summed E-state index contributed by atoms with van der Waals surface area (Å²) in [6, 6.07) is 14.9. The van der Waals surface area contributed by atoms with E-state index in [1.807, 2.05) is 36.4 Å². The third-order valence-electron chi connectivity index (χ3n) is 3.17. The molecule has 4 heteroatoms. The van der Waals surface area contributed by atoms with Gasteiger partial charge < -0.3 is 9.72 Å². The number of methoxy groups -OCH3 is 1. The van der Waals surface area contributed by atoms with Crippen molar-refractivity contribution in [1.82, 2.24) is 9.97 Å². The van der Waals surface area contributed by atoms with Gasteiger partial charge in [0.15, 0.2) is 5.78 Å². The molecule has 104 valence electrons. The van der Waals surface area contributed by atoms with Gasteiger partial charge in [-0.15, -0.1) is 0 Å². The van der Waals surface area contributed by atoms with Crippen LogP contribution in [0.3, 0.4) is 0 Å². The van der Waals surface area contributed by atoms with Gasteiger partial charge in [0.2, 0.25) is 0 Å². The Kier molecular flexibility index (Phi) is 3.51. The molecular formula is C17H14N2O2. The van der Waals surface area contributed by atoms with E-state index in [1.54, 1.807) is 25.3 Å². The highest BCUT2D eigenvalue weighted by atomic mass is 16.5. The first-order valence-corrected chi connectivity index (χ1v) is 6.58. The minimum atomic E-state index is -0.118. The molecule has 3 aromatic rings. The summed E-state index contributed by atoms with van der Waals surface area (Å²) >= 11 is 0. The molecule has 0 bridgehead atoms. The molecule has 3 rings (SSSR count). The van der Waals surface area contributed by atoms with Crippen LogP contribution in [0.4, 0.5) is 0 Å². The highest BCUT2D eigenvalue weighted by Crippen LogP contribution is 2.18. The maximum absolute atomic E-state index is 12.2. The van der Waals surface area contributed by atoms with Gasteiger partial charge in [-0.3, -0.25) is 4.79 Å². The smallest absolute Gasteiger partial charge is 0.189 e. The van der Waals surface area contributed by atoms with Crippen molar-refractivity contribution in [3.8, 4) is 5.75 Å². The Bertz CT molecular complexity index is 785. The van der Waals surface area contributed by atoms with E-state index < -0.39 is 0 Å². The van der Waals surface area contributed by atoms with Gasteiger partial charge in [-0.25, -0.2) is 4.98 Å². The van der Waals surface area contributed by atoms with Crippen molar-refractivity contribution in [2.24, 2.45) is 0 Å². The molecule has 0 spiro atoms. The minimum absolute atomic E-state index is 0.118. The fraction of sp³-hybridized carbons (Fsp3) is 0.0588. The lowest BCUT2D eigenvalue weighted by molar-refractivity contribution is 0.104. The number of nitrogens with one attached hydrogen (secondary N) is 1. The second-order valence-corrected chi connectivity index (χ2v) is 4.54. The average molecular weight is 278 g/mol. The second kappa shape index (κ2) is 5.63. The molecule has 2 aromatic carbocycles. The standard InChI is InChI=1S/C17H14N2O2/c1-21-16-9-5-2-6-12(16)15(20)10-11-17-18-13-7-3-4-8-14(13)19-17/h2-11H,1H3,(H,18,19)/b11-10+. The Morgan fingerprint density at radius 3 is 2.71 bits per heavy atom. The monoisotopic (exact) mass is 278 g/mol. The molecule has 0 aliphatic carbocycles. The zero-order valence-electron chi connectivity index (χ0n) is 11.5. The van der Waals surface area contributed by atoms with Crippen molar-refractivity contribution in [2.75, 3.05) is 7.11 Å². The fourth-order valence-electron chi connectivity index (χ4n) is 2.14. The quantitative estimate of drug-likeness (QED) is 0.587. The lowest BCUT2D eigenvalue weighted by Crippen LogP contribution is -1.98. The molecule has 0 saturated heterocycles. The van der Waals surface area contributed by atoms with Crippen LogP contribution in [0.25, 0.3) is 17.1 Å². The number of ketones is 1. The predicted molar refractivity (Wildman–Crippen MR) is 82.5 cm³/mol. The Hall–Kier alpha value is -2.88. The van der Waals surface area contributed by atoms with Crippen LogP contribution < -0.4 is 4.74 Å². The first-order chi connectivity index (χ1) is 10.3.